The maximum Gasteiger partial charge on any atom is 0.328 e. The van der Waals surface area contributed by atoms with Gasteiger partial charge in [0.25, 0.3) is 6.43 Å². The van der Waals surface area contributed by atoms with Gasteiger partial charge in [-0.3, -0.25) is 9.09 Å². The van der Waals surface area contributed by atoms with E-state index in [0.717, 1.165) is 0 Å². The van der Waals surface area contributed by atoms with Gasteiger partial charge in [0.1, 0.15) is 24.3 Å². The number of fused-ring (bicyclic) bond motifs is 2. The van der Waals surface area contributed by atoms with Gasteiger partial charge < -0.3 is 19.5 Å². The van der Waals surface area contributed by atoms with E-state index in [4.69, 9.17) is 35.8 Å². The second-order valence-electron chi connectivity index (χ2n) is 6.69. The first-order valence-electron chi connectivity index (χ1n) is 8.31. The molecule has 9 nitrogen and oxygen atoms in total. The summed E-state index contributed by atoms with van der Waals surface area (Å²) >= 11 is 5.20. The number of hydrogen-bond donors (Lipinski definition) is 1. The van der Waals surface area contributed by atoms with Crippen LogP contribution in [0.25, 0.3) is 11.2 Å². The van der Waals surface area contributed by atoms with Crippen LogP contribution in [0.4, 0.5) is 19.0 Å². The summed E-state index contributed by atoms with van der Waals surface area (Å²) in [4.78, 5) is 11.7. The molecule has 2 aliphatic heterocycles. The molecule has 0 aromatic carbocycles. The van der Waals surface area contributed by atoms with E-state index in [9.17, 15) is 8.78 Å². The number of aromatic nitrogens is 4. The topological polar surface area (TPSA) is 107 Å². The van der Waals surface area contributed by atoms with Crippen molar-refractivity contribution in [2.75, 3.05) is 12.3 Å². The zero-order valence-corrected chi connectivity index (χ0v) is 16.4. The highest BCUT2D eigenvalue weighted by molar-refractivity contribution is 8.07. The van der Waals surface area contributed by atoms with Crippen molar-refractivity contribution < 1.29 is 31.5 Å². The van der Waals surface area contributed by atoms with Crippen molar-refractivity contribution in [2.24, 2.45) is 0 Å². The largest absolute Gasteiger partial charge is 0.382 e. The maximum absolute atomic E-state index is 15.4. The van der Waals surface area contributed by atoms with E-state index in [1.54, 1.807) is 13.8 Å². The van der Waals surface area contributed by atoms with Crippen molar-refractivity contribution in [3.8, 4) is 0 Å². The monoisotopic (exact) mass is 439 g/mol. The predicted molar refractivity (Wildman–Crippen MR) is 94.8 cm³/mol. The van der Waals surface area contributed by atoms with E-state index in [1.807, 2.05) is 0 Å². The van der Waals surface area contributed by atoms with Crippen LogP contribution in [0.3, 0.4) is 0 Å². The molecule has 0 aliphatic carbocycles. The van der Waals surface area contributed by atoms with Crippen LogP contribution in [0.5, 0.6) is 0 Å². The molecule has 5 atom stereocenters. The van der Waals surface area contributed by atoms with Crippen LogP contribution in [0, 0.1) is 0 Å². The van der Waals surface area contributed by atoms with E-state index in [0.29, 0.717) is 0 Å². The Morgan fingerprint density at radius 2 is 2.14 bits per heavy atom. The van der Waals surface area contributed by atoms with Crippen molar-refractivity contribution >= 4 is 35.5 Å². The Labute approximate surface area is 162 Å². The number of alkyl halides is 3. The molecule has 28 heavy (non-hydrogen) atoms. The Morgan fingerprint density at radius 1 is 1.39 bits per heavy atom. The number of anilines is 1. The Balaban J connectivity index is 1.74. The summed E-state index contributed by atoms with van der Waals surface area (Å²) in [5, 5.41) is 0. The molecule has 2 N–H and O–H groups in total. The Hall–Kier alpha value is -1.37. The summed E-state index contributed by atoms with van der Waals surface area (Å²) in [7, 11) is 0. The summed E-state index contributed by atoms with van der Waals surface area (Å²) in [6, 6.07) is 0. The van der Waals surface area contributed by atoms with Crippen molar-refractivity contribution in [3.05, 3.63) is 12.7 Å². The zero-order valence-electron chi connectivity index (χ0n) is 14.7. The molecule has 2 aliphatic rings. The summed E-state index contributed by atoms with van der Waals surface area (Å²) in [5.41, 5.74) is 3.81. The number of nitrogens with two attached hydrogens (primary N) is 1. The summed E-state index contributed by atoms with van der Waals surface area (Å²) < 4.78 is 66.2. The predicted octanol–water partition coefficient (Wildman–Crippen LogP) is 2.34. The lowest BCUT2D eigenvalue weighted by atomic mass is 9.97. The quantitative estimate of drug-likeness (QED) is 0.719. The maximum atomic E-state index is 15.4. The Kier molecular flexibility index (Phi) is 4.88. The molecule has 2 aromatic heterocycles. The van der Waals surface area contributed by atoms with E-state index in [-0.39, 0.29) is 17.0 Å². The lowest BCUT2D eigenvalue weighted by molar-refractivity contribution is -0.203. The molecule has 14 heteroatoms. The van der Waals surface area contributed by atoms with Crippen molar-refractivity contribution in [3.63, 3.8) is 0 Å². The number of hydrogen-bond acceptors (Lipinski definition) is 9. The molecule has 0 amide bonds. The lowest BCUT2D eigenvalue weighted by Gasteiger charge is -2.41. The summed E-state index contributed by atoms with van der Waals surface area (Å²) in [5.74, 6) is 0.00435. The molecule has 2 saturated heterocycles. The number of imidazole rings is 1. The highest BCUT2D eigenvalue weighted by Crippen LogP contribution is 2.62. The molecule has 154 valence electrons. The van der Waals surface area contributed by atoms with Gasteiger partial charge in [-0.15, -0.1) is 0 Å². The molecule has 0 saturated carbocycles. The van der Waals surface area contributed by atoms with Crippen LogP contribution >= 0.6 is 6.72 Å². The fourth-order valence-corrected chi connectivity index (χ4v) is 5.82. The smallest absolute Gasteiger partial charge is 0.328 e. The Morgan fingerprint density at radius 3 is 2.82 bits per heavy atom. The first-order chi connectivity index (χ1) is 13.2. The second kappa shape index (κ2) is 6.85. The average Bonchev–Trinajstić information content (AvgIpc) is 3.15. The van der Waals surface area contributed by atoms with Crippen LogP contribution in [0.15, 0.2) is 12.7 Å². The SMILES string of the molecule is CC(C)OP1(=S)OC[C@]2(C(F)F)O[C@H](n3cnc4ncnc(N)c43)[C@H](F)[C@H]2O1. The standard InChI is InChI=1S/C14H17F3N5O4PS/c1-6(2)25-27(28)23-3-14(13(16)17)9(26-27)7(15)12(24-14)22-5-21-11-8(22)10(18)19-4-20-11/h4-7,9,12-13H,3H2,1-2H3,(H2,18,19,20)/t7-,9-,12+,14+,27?/m1/s1. The number of nitrogen functional groups attached to an aromatic ring is 1. The van der Waals surface area contributed by atoms with Crippen LogP contribution in [-0.2, 0) is 30.1 Å². The summed E-state index contributed by atoms with van der Waals surface area (Å²) in [6.07, 6.45) is -6.34. The van der Waals surface area contributed by atoms with Gasteiger partial charge in [-0.1, -0.05) is 0 Å². The highest BCUT2D eigenvalue weighted by atomic mass is 32.5. The van der Waals surface area contributed by atoms with Gasteiger partial charge in [0.2, 0.25) is 0 Å². The van der Waals surface area contributed by atoms with Gasteiger partial charge in [-0.2, -0.15) is 0 Å². The van der Waals surface area contributed by atoms with Gasteiger partial charge in [0, 0.05) is 0 Å². The third-order valence-corrected chi connectivity index (χ3v) is 6.89. The molecular weight excluding hydrogens is 422 g/mol. The molecule has 4 rings (SSSR count). The minimum absolute atomic E-state index is 0.00435. The number of rotatable bonds is 4. The Bertz CT molecular complexity index is 949. The summed E-state index contributed by atoms with van der Waals surface area (Å²) in [6.45, 7) is -0.731. The van der Waals surface area contributed by atoms with Crippen LogP contribution < -0.4 is 5.73 Å². The fourth-order valence-electron chi connectivity index (χ4n) is 3.24. The zero-order chi connectivity index (χ0) is 20.3. The molecule has 1 unspecified atom stereocenters. The van der Waals surface area contributed by atoms with Gasteiger partial charge in [-0.25, -0.2) is 28.1 Å². The average molecular weight is 439 g/mol. The molecule has 2 aromatic rings. The van der Waals surface area contributed by atoms with Gasteiger partial charge in [0.05, 0.1) is 12.7 Å². The molecule has 4 heterocycles. The third kappa shape index (κ3) is 3.01. The van der Waals surface area contributed by atoms with Crippen LogP contribution in [0.1, 0.15) is 20.1 Å². The number of ether oxygens (including phenoxy) is 1. The number of halogens is 3. The molecule has 0 radical (unpaired) electrons. The number of nitrogens with zero attached hydrogens (tertiary/aromatic N) is 4. The molecule has 0 spiro atoms. The fraction of sp³-hybridized carbons (Fsp3) is 0.643. The van der Waals surface area contributed by atoms with E-state index in [1.165, 1.54) is 17.2 Å². The van der Waals surface area contributed by atoms with Crippen molar-refractivity contribution in [1.82, 2.24) is 19.5 Å². The van der Waals surface area contributed by atoms with Gasteiger partial charge in [-0.05, 0) is 25.7 Å². The third-order valence-electron chi connectivity index (χ3n) is 4.45. The van der Waals surface area contributed by atoms with E-state index in [2.05, 4.69) is 15.0 Å². The molecule has 0 bridgehead atoms. The first-order valence-corrected chi connectivity index (χ1v) is 10.9. The minimum atomic E-state index is -3.41. The van der Waals surface area contributed by atoms with E-state index >= 15 is 4.39 Å². The minimum Gasteiger partial charge on any atom is -0.382 e. The highest BCUT2D eigenvalue weighted by Gasteiger charge is 2.67. The first kappa shape index (κ1) is 19.9. The lowest BCUT2D eigenvalue weighted by Crippen LogP contribution is -2.55. The van der Waals surface area contributed by atoms with Crippen LogP contribution in [-0.4, -0.2) is 56.5 Å². The van der Waals surface area contributed by atoms with Gasteiger partial charge >= 0.3 is 6.72 Å². The van der Waals surface area contributed by atoms with Crippen molar-refractivity contribution in [2.45, 2.75) is 50.5 Å². The van der Waals surface area contributed by atoms with Gasteiger partial charge in [0.15, 0.2) is 29.5 Å². The van der Waals surface area contributed by atoms with Crippen LogP contribution in [0.2, 0.25) is 0 Å². The normalized spacial score (nSPS) is 35.8. The molecule has 2 fully saturated rings. The molecular formula is C14H17F3N5O4PS. The second-order valence-corrected chi connectivity index (χ2v) is 9.61. The van der Waals surface area contributed by atoms with E-state index < -0.39 is 50.0 Å². The van der Waals surface area contributed by atoms with Crippen molar-refractivity contribution in [1.29, 1.82) is 0 Å².